The van der Waals surface area contributed by atoms with E-state index in [1.807, 2.05) is 13.8 Å². The van der Waals surface area contributed by atoms with E-state index >= 15 is 0 Å². The van der Waals surface area contributed by atoms with Crippen molar-refractivity contribution in [3.05, 3.63) is 47.5 Å². The normalized spacial score (nSPS) is 24.8. The summed E-state index contributed by atoms with van der Waals surface area (Å²) in [6, 6.07) is 5.39. The van der Waals surface area contributed by atoms with Gasteiger partial charge in [0.1, 0.15) is 11.6 Å². The van der Waals surface area contributed by atoms with Crippen molar-refractivity contribution in [1.82, 2.24) is 9.80 Å². The van der Waals surface area contributed by atoms with Crippen molar-refractivity contribution >= 4 is 12.2 Å². The third kappa shape index (κ3) is 3.41. The van der Waals surface area contributed by atoms with Gasteiger partial charge in [0.15, 0.2) is 0 Å². The second-order valence-corrected chi connectivity index (χ2v) is 6.88. The van der Waals surface area contributed by atoms with Crippen molar-refractivity contribution in [3.63, 3.8) is 0 Å². The molecular formula is C19H19F2N3O. The van der Waals surface area contributed by atoms with E-state index in [-0.39, 0.29) is 23.8 Å². The highest BCUT2D eigenvalue weighted by atomic mass is 19.1. The molecule has 2 aliphatic rings. The summed E-state index contributed by atoms with van der Waals surface area (Å²) in [6.07, 6.45) is 2.73. The highest BCUT2D eigenvalue weighted by molar-refractivity contribution is 5.82. The molecule has 3 rings (SSSR count). The number of aliphatic imine (C=N–C) groups is 1. The zero-order valence-corrected chi connectivity index (χ0v) is 14.4. The van der Waals surface area contributed by atoms with Crippen LogP contribution in [0.2, 0.25) is 0 Å². The van der Waals surface area contributed by atoms with Crippen molar-refractivity contribution in [2.75, 3.05) is 13.6 Å². The Morgan fingerprint density at radius 2 is 1.92 bits per heavy atom. The third-order valence-electron chi connectivity index (χ3n) is 4.49. The van der Waals surface area contributed by atoms with E-state index < -0.39 is 5.67 Å². The second kappa shape index (κ2) is 5.99. The van der Waals surface area contributed by atoms with Crippen LogP contribution in [0.5, 0.6) is 0 Å². The Balaban J connectivity index is 1.74. The average molecular weight is 343 g/mol. The number of rotatable bonds is 1. The van der Waals surface area contributed by atoms with Crippen LogP contribution in [-0.4, -0.2) is 46.8 Å². The maximum absolute atomic E-state index is 14.8. The minimum atomic E-state index is -1.90. The summed E-state index contributed by atoms with van der Waals surface area (Å²) in [5.74, 6) is 5.31. The first-order chi connectivity index (χ1) is 11.7. The molecule has 6 heteroatoms. The monoisotopic (exact) mass is 343 g/mol. The minimum Gasteiger partial charge on any atom is -0.320 e. The average Bonchev–Trinajstić information content (AvgIpc) is 2.78. The number of hydrogen-bond acceptors (Lipinski definition) is 2. The van der Waals surface area contributed by atoms with Crippen LogP contribution in [0.3, 0.4) is 0 Å². The summed E-state index contributed by atoms with van der Waals surface area (Å²) in [5, 5.41) is 0. The number of halogens is 2. The van der Waals surface area contributed by atoms with Crippen LogP contribution in [0, 0.1) is 17.7 Å². The molecule has 2 aliphatic heterocycles. The van der Waals surface area contributed by atoms with Gasteiger partial charge in [-0.25, -0.2) is 18.6 Å². The number of alkyl halides is 1. The van der Waals surface area contributed by atoms with Crippen LogP contribution in [-0.2, 0) is 0 Å². The molecule has 1 saturated heterocycles. The number of hydrogen-bond donors (Lipinski definition) is 0. The predicted molar refractivity (Wildman–Crippen MR) is 92.3 cm³/mol. The molecule has 1 aromatic rings. The lowest BCUT2D eigenvalue weighted by molar-refractivity contribution is 0.190. The van der Waals surface area contributed by atoms with Gasteiger partial charge in [-0.15, -0.1) is 0 Å². The van der Waals surface area contributed by atoms with Gasteiger partial charge in [-0.05, 0) is 44.2 Å². The molecule has 0 saturated carbocycles. The number of carbonyl (C=O) groups excluding carboxylic acids is 1. The Hall–Kier alpha value is -2.68. The second-order valence-electron chi connectivity index (χ2n) is 6.88. The number of carbonyl (C=O) groups is 1. The Morgan fingerprint density at radius 1 is 1.24 bits per heavy atom. The largest absolute Gasteiger partial charge is 0.325 e. The van der Waals surface area contributed by atoms with Crippen molar-refractivity contribution in [2.45, 2.75) is 31.5 Å². The van der Waals surface area contributed by atoms with E-state index in [9.17, 15) is 13.6 Å². The van der Waals surface area contributed by atoms with E-state index in [2.05, 4.69) is 16.8 Å². The van der Waals surface area contributed by atoms with Crippen LogP contribution >= 0.6 is 0 Å². The molecule has 1 unspecified atom stereocenters. The lowest BCUT2D eigenvalue weighted by atomic mass is 10.0. The zero-order valence-electron chi connectivity index (χ0n) is 14.4. The van der Waals surface area contributed by atoms with Gasteiger partial charge in [0.05, 0.1) is 18.3 Å². The van der Waals surface area contributed by atoms with E-state index in [0.29, 0.717) is 17.9 Å². The predicted octanol–water partition coefficient (Wildman–Crippen LogP) is 3.35. The topological polar surface area (TPSA) is 35.9 Å². The smallest absolute Gasteiger partial charge is 0.320 e. The summed E-state index contributed by atoms with van der Waals surface area (Å²) < 4.78 is 27.6. The lowest BCUT2D eigenvalue weighted by Crippen LogP contribution is -2.38. The first-order valence-electron chi connectivity index (χ1n) is 7.99. The molecule has 0 N–H and O–H groups in total. The number of nitrogens with zero attached hydrogens (tertiary/aromatic N) is 3. The Labute approximate surface area is 145 Å². The van der Waals surface area contributed by atoms with E-state index in [0.717, 1.165) is 6.21 Å². The summed E-state index contributed by atoms with van der Waals surface area (Å²) in [7, 11) is 1.74. The number of amides is 2. The van der Waals surface area contributed by atoms with E-state index in [1.54, 1.807) is 22.9 Å². The maximum Gasteiger partial charge on any atom is 0.325 e. The molecule has 0 aliphatic carbocycles. The molecular weight excluding hydrogens is 324 g/mol. The quantitative estimate of drug-likeness (QED) is 0.721. The number of benzene rings is 1. The number of allylic oxidation sites excluding steroid dienone is 1. The molecule has 0 aromatic heterocycles. The Morgan fingerprint density at radius 3 is 2.44 bits per heavy atom. The molecule has 0 radical (unpaired) electrons. The molecule has 0 bridgehead atoms. The van der Waals surface area contributed by atoms with Gasteiger partial charge in [0.25, 0.3) is 0 Å². The van der Waals surface area contributed by atoms with Gasteiger partial charge >= 0.3 is 6.03 Å². The molecule has 1 atom stereocenters. The van der Waals surface area contributed by atoms with Crippen molar-refractivity contribution in [2.24, 2.45) is 4.99 Å². The standard InChI is InChI=1S/C19H19F2N3O/c1-18(2)13-24(17(25)23(18)3)16-9-11-19(21,12-22-16)10-8-14-4-6-15(20)7-5-14/h4-7,9,12H,11,13H2,1-3H3. The van der Waals surface area contributed by atoms with Gasteiger partial charge < -0.3 is 4.90 Å². The van der Waals surface area contributed by atoms with Crippen LogP contribution in [0.15, 0.2) is 41.2 Å². The summed E-state index contributed by atoms with van der Waals surface area (Å²) in [6.45, 7) is 4.42. The van der Waals surface area contributed by atoms with Crippen molar-refractivity contribution < 1.29 is 13.6 Å². The SMILES string of the molecule is CN1C(=O)N(C2=CCC(F)(C#Cc3ccc(F)cc3)C=N2)CC1(C)C. The minimum absolute atomic E-state index is 0.00789. The van der Waals surface area contributed by atoms with E-state index in [1.165, 1.54) is 24.3 Å². The van der Waals surface area contributed by atoms with Crippen LogP contribution in [0.25, 0.3) is 0 Å². The molecule has 2 amide bonds. The van der Waals surface area contributed by atoms with Crippen LogP contribution in [0.4, 0.5) is 13.6 Å². The maximum atomic E-state index is 14.8. The number of urea groups is 1. The molecule has 25 heavy (non-hydrogen) atoms. The van der Waals surface area contributed by atoms with Gasteiger partial charge in [-0.1, -0.05) is 11.8 Å². The first-order valence-corrected chi connectivity index (χ1v) is 7.99. The first kappa shape index (κ1) is 17.2. The van der Waals surface area contributed by atoms with E-state index in [4.69, 9.17) is 0 Å². The third-order valence-corrected chi connectivity index (χ3v) is 4.49. The highest BCUT2D eigenvalue weighted by Crippen LogP contribution is 2.30. The van der Waals surface area contributed by atoms with Gasteiger partial charge in [0.2, 0.25) is 5.67 Å². The van der Waals surface area contributed by atoms with Crippen molar-refractivity contribution in [1.29, 1.82) is 0 Å². The Bertz CT molecular complexity index is 817. The fourth-order valence-electron chi connectivity index (χ4n) is 2.67. The highest BCUT2D eigenvalue weighted by Gasteiger charge is 2.43. The fraction of sp³-hybridized carbons (Fsp3) is 0.368. The summed E-state index contributed by atoms with van der Waals surface area (Å²) >= 11 is 0. The molecule has 4 nitrogen and oxygen atoms in total. The van der Waals surface area contributed by atoms with Gasteiger partial charge in [0, 0.05) is 19.0 Å². The molecule has 130 valence electrons. The lowest BCUT2D eigenvalue weighted by Gasteiger charge is -2.24. The zero-order chi connectivity index (χ0) is 18.2. The van der Waals surface area contributed by atoms with Crippen LogP contribution in [0.1, 0.15) is 25.8 Å². The van der Waals surface area contributed by atoms with Gasteiger partial charge in [-0.3, -0.25) is 4.90 Å². The molecule has 0 spiro atoms. The number of likely N-dealkylation sites (N-methyl/N-ethyl adjacent to an activating group) is 1. The van der Waals surface area contributed by atoms with Gasteiger partial charge in [-0.2, -0.15) is 0 Å². The van der Waals surface area contributed by atoms with Crippen LogP contribution < -0.4 is 0 Å². The summed E-state index contributed by atoms with van der Waals surface area (Å²) in [5.41, 5.74) is -1.68. The summed E-state index contributed by atoms with van der Waals surface area (Å²) in [4.78, 5) is 19.6. The molecule has 1 aromatic carbocycles. The van der Waals surface area contributed by atoms with Crippen molar-refractivity contribution in [3.8, 4) is 11.8 Å². The molecule has 2 heterocycles. The Kier molecular flexibility index (Phi) is 4.11. The fourth-order valence-corrected chi connectivity index (χ4v) is 2.67. The molecule has 1 fully saturated rings.